The van der Waals surface area contributed by atoms with Gasteiger partial charge in [0, 0.05) is 12.4 Å². The minimum atomic E-state index is 0.663. The van der Waals surface area contributed by atoms with Gasteiger partial charge in [-0.1, -0.05) is 30.3 Å². The number of hydrogen-bond donors (Lipinski definition) is 1. The summed E-state index contributed by atoms with van der Waals surface area (Å²) in [6.07, 6.45) is 2.68. The summed E-state index contributed by atoms with van der Waals surface area (Å²) in [7, 11) is 0. The maximum Gasteiger partial charge on any atom is 0.0640 e. The van der Waals surface area contributed by atoms with E-state index in [4.69, 9.17) is 5.41 Å². The lowest BCUT2D eigenvalue weighted by Crippen LogP contribution is -1.80. The Labute approximate surface area is 66.1 Å². The van der Waals surface area contributed by atoms with Crippen molar-refractivity contribution in [1.29, 1.82) is 5.41 Å². The second-order valence-electron chi connectivity index (χ2n) is 2.14. The molecule has 2 heteroatoms. The van der Waals surface area contributed by atoms with Gasteiger partial charge in [-0.15, -0.1) is 0 Å². The molecule has 0 unspecified atom stereocenters. The Morgan fingerprint density at radius 3 is 2.64 bits per heavy atom. The maximum atomic E-state index is 6.69. The van der Waals surface area contributed by atoms with E-state index in [2.05, 4.69) is 4.99 Å². The van der Waals surface area contributed by atoms with Crippen LogP contribution in [0.3, 0.4) is 0 Å². The average Bonchev–Trinajstić information content (AvgIpc) is 2.07. The Morgan fingerprint density at radius 1 is 1.27 bits per heavy atom. The molecule has 0 atom stereocenters. The summed E-state index contributed by atoms with van der Waals surface area (Å²) < 4.78 is 0. The summed E-state index contributed by atoms with van der Waals surface area (Å²) in [5.41, 5.74) is 1.17. The lowest BCUT2D eigenvalue weighted by Gasteiger charge is -1.92. The lowest BCUT2D eigenvalue weighted by atomic mass is 10.2. The van der Waals surface area contributed by atoms with E-state index in [0.29, 0.717) is 6.54 Å². The van der Waals surface area contributed by atoms with E-state index in [1.54, 1.807) is 0 Å². The third-order valence-electron chi connectivity index (χ3n) is 1.30. The van der Waals surface area contributed by atoms with E-state index >= 15 is 0 Å². The number of aliphatic imine (C=N–C) groups is 1. The van der Waals surface area contributed by atoms with Crippen molar-refractivity contribution in [2.24, 2.45) is 4.99 Å². The summed E-state index contributed by atoms with van der Waals surface area (Å²) in [5, 5.41) is 6.69. The Bertz CT molecular complexity index is 239. The van der Waals surface area contributed by atoms with Gasteiger partial charge in [0.05, 0.1) is 6.54 Å². The maximum absolute atomic E-state index is 6.69. The van der Waals surface area contributed by atoms with Crippen LogP contribution >= 0.6 is 0 Å². The quantitative estimate of drug-likeness (QED) is 0.632. The number of benzene rings is 1. The molecule has 0 saturated carbocycles. The smallest absolute Gasteiger partial charge is 0.0640 e. The van der Waals surface area contributed by atoms with E-state index < -0.39 is 0 Å². The van der Waals surface area contributed by atoms with Crippen molar-refractivity contribution in [3.05, 3.63) is 35.9 Å². The Hall–Kier alpha value is -1.44. The van der Waals surface area contributed by atoms with Gasteiger partial charge in [0.15, 0.2) is 0 Å². The van der Waals surface area contributed by atoms with Gasteiger partial charge in [-0.3, -0.25) is 4.99 Å². The topological polar surface area (TPSA) is 36.2 Å². The minimum Gasteiger partial charge on any atom is -0.307 e. The van der Waals surface area contributed by atoms with Crippen LogP contribution in [-0.4, -0.2) is 12.4 Å². The summed E-state index contributed by atoms with van der Waals surface area (Å²) >= 11 is 0. The normalized spacial score (nSPS) is 10.2. The number of hydrogen-bond acceptors (Lipinski definition) is 2. The van der Waals surface area contributed by atoms with Crippen LogP contribution in [0.25, 0.3) is 0 Å². The van der Waals surface area contributed by atoms with Crippen LogP contribution in [-0.2, 0) is 6.54 Å². The van der Waals surface area contributed by atoms with Crippen LogP contribution in [0.4, 0.5) is 0 Å². The molecule has 0 aliphatic rings. The fourth-order valence-corrected chi connectivity index (χ4v) is 0.794. The fourth-order valence-electron chi connectivity index (χ4n) is 0.794. The highest BCUT2D eigenvalue weighted by molar-refractivity contribution is 6.14. The zero-order chi connectivity index (χ0) is 7.94. The van der Waals surface area contributed by atoms with E-state index in [0.717, 1.165) is 0 Å². The fraction of sp³-hybridized carbons (Fsp3) is 0.111. The van der Waals surface area contributed by atoms with Crippen molar-refractivity contribution >= 4 is 12.4 Å². The van der Waals surface area contributed by atoms with Gasteiger partial charge in [-0.2, -0.15) is 0 Å². The van der Waals surface area contributed by atoms with Crippen molar-refractivity contribution in [2.45, 2.75) is 6.54 Å². The van der Waals surface area contributed by atoms with Crippen LogP contribution in [0.5, 0.6) is 0 Å². The highest BCUT2D eigenvalue weighted by Crippen LogP contribution is 1.98. The van der Waals surface area contributed by atoms with Crippen LogP contribution in [0.1, 0.15) is 5.56 Å². The first kappa shape index (κ1) is 7.66. The standard InChI is InChI=1S/C9H10N2/c10-6-7-11-8-9-4-2-1-3-5-9/h1-7,10H,8H2. The molecule has 0 amide bonds. The van der Waals surface area contributed by atoms with Gasteiger partial charge >= 0.3 is 0 Å². The van der Waals surface area contributed by atoms with E-state index in [1.807, 2.05) is 30.3 Å². The summed E-state index contributed by atoms with van der Waals surface area (Å²) in [4.78, 5) is 3.99. The van der Waals surface area contributed by atoms with Crippen LogP contribution < -0.4 is 0 Å². The molecule has 0 heterocycles. The van der Waals surface area contributed by atoms with Gasteiger partial charge < -0.3 is 5.41 Å². The first-order chi connectivity index (χ1) is 5.43. The molecule has 2 nitrogen and oxygen atoms in total. The molecule has 0 fully saturated rings. The molecule has 11 heavy (non-hydrogen) atoms. The molecule has 0 aromatic heterocycles. The van der Waals surface area contributed by atoms with Crippen molar-refractivity contribution in [3.8, 4) is 0 Å². The molecular weight excluding hydrogens is 136 g/mol. The molecule has 1 aromatic carbocycles. The SMILES string of the molecule is N=CC=NCc1ccccc1. The van der Waals surface area contributed by atoms with E-state index in [9.17, 15) is 0 Å². The van der Waals surface area contributed by atoms with E-state index in [-0.39, 0.29) is 0 Å². The summed E-state index contributed by atoms with van der Waals surface area (Å²) in [5.74, 6) is 0. The third kappa shape index (κ3) is 2.76. The van der Waals surface area contributed by atoms with Crippen molar-refractivity contribution in [3.63, 3.8) is 0 Å². The highest BCUT2D eigenvalue weighted by atomic mass is 14.7. The molecule has 1 rings (SSSR count). The largest absolute Gasteiger partial charge is 0.307 e. The molecule has 0 bridgehead atoms. The van der Waals surface area contributed by atoms with Gasteiger partial charge in [0.2, 0.25) is 0 Å². The van der Waals surface area contributed by atoms with Gasteiger partial charge in [0.1, 0.15) is 0 Å². The van der Waals surface area contributed by atoms with Crippen LogP contribution in [0.2, 0.25) is 0 Å². The third-order valence-corrected chi connectivity index (χ3v) is 1.30. The molecular formula is C9H10N2. The molecule has 1 aromatic rings. The zero-order valence-electron chi connectivity index (χ0n) is 6.20. The molecule has 0 radical (unpaired) electrons. The van der Waals surface area contributed by atoms with Gasteiger partial charge in [-0.25, -0.2) is 0 Å². The van der Waals surface area contributed by atoms with Gasteiger partial charge in [-0.05, 0) is 5.56 Å². The predicted molar refractivity (Wildman–Crippen MR) is 47.4 cm³/mol. The van der Waals surface area contributed by atoms with Gasteiger partial charge in [0.25, 0.3) is 0 Å². The Kier molecular flexibility index (Phi) is 3.06. The Balaban J connectivity index is 2.51. The second-order valence-corrected chi connectivity index (χ2v) is 2.14. The first-order valence-corrected chi connectivity index (χ1v) is 3.46. The average molecular weight is 146 g/mol. The number of nitrogens with zero attached hydrogens (tertiary/aromatic N) is 1. The van der Waals surface area contributed by atoms with Crippen molar-refractivity contribution < 1.29 is 0 Å². The molecule has 1 N–H and O–H groups in total. The molecule has 0 aliphatic carbocycles. The molecule has 56 valence electrons. The summed E-state index contributed by atoms with van der Waals surface area (Å²) in [6.45, 7) is 0.663. The van der Waals surface area contributed by atoms with Crippen molar-refractivity contribution in [2.75, 3.05) is 0 Å². The molecule has 0 aliphatic heterocycles. The monoisotopic (exact) mass is 146 g/mol. The van der Waals surface area contributed by atoms with E-state index in [1.165, 1.54) is 18.0 Å². The number of rotatable bonds is 3. The first-order valence-electron chi connectivity index (χ1n) is 3.46. The lowest BCUT2D eigenvalue weighted by molar-refractivity contribution is 1.08. The van der Waals surface area contributed by atoms with Crippen molar-refractivity contribution in [1.82, 2.24) is 0 Å². The highest BCUT2D eigenvalue weighted by Gasteiger charge is 1.84. The van der Waals surface area contributed by atoms with Crippen LogP contribution in [0.15, 0.2) is 35.3 Å². The van der Waals surface area contributed by atoms with Crippen LogP contribution in [0, 0.1) is 5.41 Å². The zero-order valence-corrected chi connectivity index (χ0v) is 6.20. The molecule has 0 saturated heterocycles. The Morgan fingerprint density at radius 2 is 2.00 bits per heavy atom. The predicted octanol–water partition coefficient (Wildman–Crippen LogP) is 1.91. The summed E-state index contributed by atoms with van der Waals surface area (Å²) in [6, 6.07) is 9.97. The second kappa shape index (κ2) is 4.39. The molecule has 0 spiro atoms. The minimum absolute atomic E-state index is 0.663. The number of nitrogens with one attached hydrogen (secondary N) is 1.